The summed E-state index contributed by atoms with van der Waals surface area (Å²) in [6.45, 7) is 2.10. The zero-order valence-electron chi connectivity index (χ0n) is 9.29. The van der Waals surface area contributed by atoms with Gasteiger partial charge < -0.3 is 10.6 Å². The summed E-state index contributed by atoms with van der Waals surface area (Å²) in [4.78, 5) is 7.09. The second-order valence-corrected chi connectivity index (χ2v) is 4.30. The van der Waals surface area contributed by atoms with Crippen LogP contribution in [0.4, 0.5) is 17.1 Å². The predicted molar refractivity (Wildman–Crippen MR) is 67.9 cm³/mol. The lowest BCUT2D eigenvalue weighted by Gasteiger charge is -2.20. The third-order valence-electron chi connectivity index (χ3n) is 2.78. The minimum atomic E-state index is 0.646. The monoisotopic (exact) mass is 241 g/mol. The molecule has 1 aromatic carbocycles. The lowest BCUT2D eigenvalue weighted by molar-refractivity contribution is 0.271. The standard InChI is InChI=1S/C11H16ClN3O/c1-16-14-10-6-8(12)11(7-9(10)13)15-4-2-3-5-15/h6-7,14H,2-5,13H2,1H3. The summed E-state index contributed by atoms with van der Waals surface area (Å²) in [5, 5.41) is 0.704. The molecule has 16 heavy (non-hydrogen) atoms. The number of nitrogen functional groups attached to an aromatic ring is 1. The summed E-state index contributed by atoms with van der Waals surface area (Å²) in [6, 6.07) is 3.70. The summed E-state index contributed by atoms with van der Waals surface area (Å²) in [6.07, 6.45) is 2.43. The molecule has 0 atom stereocenters. The lowest BCUT2D eigenvalue weighted by atomic mass is 10.2. The van der Waals surface area contributed by atoms with Crippen LogP contribution in [-0.2, 0) is 4.84 Å². The van der Waals surface area contributed by atoms with Crippen molar-refractivity contribution in [3.05, 3.63) is 17.2 Å². The van der Waals surface area contributed by atoms with Crippen LogP contribution in [0, 0.1) is 0 Å². The minimum absolute atomic E-state index is 0.646. The third-order valence-corrected chi connectivity index (χ3v) is 3.08. The normalized spacial score (nSPS) is 15.5. The van der Waals surface area contributed by atoms with Crippen molar-refractivity contribution in [3.63, 3.8) is 0 Å². The van der Waals surface area contributed by atoms with E-state index in [0.29, 0.717) is 16.4 Å². The Morgan fingerprint density at radius 1 is 1.38 bits per heavy atom. The zero-order chi connectivity index (χ0) is 11.5. The van der Waals surface area contributed by atoms with Crippen molar-refractivity contribution in [3.8, 4) is 0 Å². The van der Waals surface area contributed by atoms with Gasteiger partial charge in [0, 0.05) is 13.1 Å². The van der Waals surface area contributed by atoms with Crippen LogP contribution >= 0.6 is 11.6 Å². The SMILES string of the molecule is CONc1cc(Cl)c(N2CCCC2)cc1N. The van der Waals surface area contributed by atoms with E-state index < -0.39 is 0 Å². The molecule has 4 nitrogen and oxygen atoms in total. The molecule has 0 saturated carbocycles. The Morgan fingerprint density at radius 2 is 2.06 bits per heavy atom. The number of halogens is 1. The quantitative estimate of drug-likeness (QED) is 0.631. The highest BCUT2D eigenvalue weighted by molar-refractivity contribution is 6.33. The highest BCUT2D eigenvalue weighted by Crippen LogP contribution is 2.35. The molecule has 3 N–H and O–H groups in total. The first kappa shape index (κ1) is 11.4. The number of benzene rings is 1. The van der Waals surface area contributed by atoms with E-state index >= 15 is 0 Å². The Morgan fingerprint density at radius 3 is 2.69 bits per heavy atom. The van der Waals surface area contributed by atoms with Gasteiger partial charge in [-0.2, -0.15) is 0 Å². The lowest BCUT2D eigenvalue weighted by Crippen LogP contribution is -2.18. The highest BCUT2D eigenvalue weighted by atomic mass is 35.5. The molecule has 1 fully saturated rings. The molecular weight excluding hydrogens is 226 g/mol. The summed E-state index contributed by atoms with van der Waals surface area (Å²) >= 11 is 6.22. The Bertz CT molecular complexity index is 378. The maximum absolute atomic E-state index is 6.22. The van der Waals surface area contributed by atoms with Gasteiger partial charge in [0.05, 0.1) is 29.2 Å². The molecule has 0 spiro atoms. The van der Waals surface area contributed by atoms with E-state index in [2.05, 4.69) is 10.4 Å². The van der Waals surface area contributed by atoms with Crippen LogP contribution < -0.4 is 16.1 Å². The van der Waals surface area contributed by atoms with Gasteiger partial charge in [-0.3, -0.25) is 10.3 Å². The molecule has 0 unspecified atom stereocenters. The molecule has 1 aliphatic rings. The maximum atomic E-state index is 6.22. The summed E-state index contributed by atoms with van der Waals surface area (Å²) in [5.41, 5.74) is 11.0. The van der Waals surface area contributed by atoms with E-state index in [1.165, 1.54) is 12.8 Å². The average molecular weight is 242 g/mol. The third kappa shape index (κ3) is 2.18. The second kappa shape index (κ2) is 4.80. The first-order chi connectivity index (χ1) is 7.72. The molecule has 1 heterocycles. The number of nitrogens with zero attached hydrogens (tertiary/aromatic N) is 1. The molecule has 1 aliphatic heterocycles. The number of rotatable bonds is 3. The molecule has 0 radical (unpaired) electrons. The molecule has 5 heteroatoms. The van der Waals surface area contributed by atoms with E-state index in [-0.39, 0.29) is 0 Å². The van der Waals surface area contributed by atoms with E-state index in [4.69, 9.17) is 22.2 Å². The van der Waals surface area contributed by atoms with Crippen molar-refractivity contribution in [2.45, 2.75) is 12.8 Å². The van der Waals surface area contributed by atoms with Gasteiger partial charge >= 0.3 is 0 Å². The van der Waals surface area contributed by atoms with Crippen molar-refractivity contribution < 1.29 is 4.84 Å². The largest absolute Gasteiger partial charge is 0.397 e. The first-order valence-corrected chi connectivity index (χ1v) is 5.73. The Labute approximate surface area is 100 Å². The molecule has 0 amide bonds. The van der Waals surface area contributed by atoms with Crippen molar-refractivity contribution in [2.75, 3.05) is 36.3 Å². The van der Waals surface area contributed by atoms with E-state index in [9.17, 15) is 0 Å². The van der Waals surface area contributed by atoms with E-state index in [1.54, 1.807) is 13.2 Å². The van der Waals surface area contributed by atoms with Gasteiger partial charge in [0.1, 0.15) is 0 Å². The smallest absolute Gasteiger partial charge is 0.0850 e. The van der Waals surface area contributed by atoms with Gasteiger partial charge in [-0.05, 0) is 25.0 Å². The summed E-state index contributed by atoms with van der Waals surface area (Å²) in [5.74, 6) is 0. The molecule has 1 saturated heterocycles. The van der Waals surface area contributed by atoms with Crippen LogP contribution in [0.5, 0.6) is 0 Å². The molecule has 0 bridgehead atoms. The molecule has 88 valence electrons. The Kier molecular flexibility index (Phi) is 3.41. The van der Waals surface area contributed by atoms with Crippen LogP contribution in [0.2, 0.25) is 5.02 Å². The van der Waals surface area contributed by atoms with Crippen LogP contribution in [0.25, 0.3) is 0 Å². The Hall–Kier alpha value is -1.13. The van der Waals surface area contributed by atoms with Gasteiger partial charge in [-0.15, -0.1) is 0 Å². The van der Waals surface area contributed by atoms with Gasteiger partial charge in [0.2, 0.25) is 0 Å². The number of hydrogen-bond acceptors (Lipinski definition) is 4. The Balaban J connectivity index is 2.29. The predicted octanol–water partition coefficient (Wildman–Crippen LogP) is 2.50. The number of hydrogen-bond donors (Lipinski definition) is 2. The van der Waals surface area contributed by atoms with Gasteiger partial charge in [0.25, 0.3) is 0 Å². The van der Waals surface area contributed by atoms with Crippen molar-refractivity contribution >= 4 is 28.7 Å². The summed E-state index contributed by atoms with van der Waals surface area (Å²) in [7, 11) is 1.54. The van der Waals surface area contributed by atoms with E-state index in [0.717, 1.165) is 18.8 Å². The van der Waals surface area contributed by atoms with E-state index in [1.807, 2.05) is 6.07 Å². The number of nitrogens with two attached hydrogens (primary N) is 1. The molecule has 1 aromatic rings. The zero-order valence-corrected chi connectivity index (χ0v) is 10.0. The molecular formula is C11H16ClN3O. The van der Waals surface area contributed by atoms with Gasteiger partial charge in [-0.1, -0.05) is 11.6 Å². The van der Waals surface area contributed by atoms with Gasteiger partial charge in [-0.25, -0.2) is 0 Å². The average Bonchev–Trinajstić information content (AvgIpc) is 2.76. The fraction of sp³-hybridized carbons (Fsp3) is 0.455. The van der Waals surface area contributed by atoms with Crippen LogP contribution in [0.3, 0.4) is 0 Å². The topological polar surface area (TPSA) is 50.5 Å². The van der Waals surface area contributed by atoms with Gasteiger partial charge in [0.15, 0.2) is 0 Å². The fourth-order valence-electron chi connectivity index (χ4n) is 1.98. The summed E-state index contributed by atoms with van der Waals surface area (Å²) < 4.78 is 0. The highest BCUT2D eigenvalue weighted by Gasteiger charge is 2.16. The second-order valence-electron chi connectivity index (χ2n) is 3.89. The maximum Gasteiger partial charge on any atom is 0.0850 e. The fourth-order valence-corrected chi connectivity index (χ4v) is 2.26. The molecule has 0 aliphatic carbocycles. The van der Waals surface area contributed by atoms with Crippen LogP contribution in [0.15, 0.2) is 12.1 Å². The van der Waals surface area contributed by atoms with Crippen molar-refractivity contribution in [1.29, 1.82) is 0 Å². The van der Waals surface area contributed by atoms with Crippen LogP contribution in [0.1, 0.15) is 12.8 Å². The van der Waals surface area contributed by atoms with Crippen molar-refractivity contribution in [1.82, 2.24) is 0 Å². The number of nitrogens with one attached hydrogen (secondary N) is 1. The number of anilines is 3. The van der Waals surface area contributed by atoms with Crippen molar-refractivity contribution in [2.24, 2.45) is 0 Å². The molecule has 0 aromatic heterocycles. The van der Waals surface area contributed by atoms with Crippen LogP contribution in [-0.4, -0.2) is 20.2 Å². The first-order valence-electron chi connectivity index (χ1n) is 5.35. The minimum Gasteiger partial charge on any atom is -0.397 e. The molecule has 2 rings (SSSR count).